The highest BCUT2D eigenvalue weighted by atomic mass is 32.2. The Hall–Kier alpha value is -1.69. The fourth-order valence-electron chi connectivity index (χ4n) is 1.71. The number of rotatable bonds is 6. The number of amides is 1. The zero-order valence-electron chi connectivity index (χ0n) is 11.5. The molecule has 110 valence electrons. The van der Waals surface area contributed by atoms with Crippen LogP contribution in [0.15, 0.2) is 30.3 Å². The number of carbonyl (C=O) groups is 1. The van der Waals surface area contributed by atoms with Gasteiger partial charge in [0.15, 0.2) is 0 Å². The number of nitrogens with one attached hydrogen (secondary N) is 1. The maximum Gasteiger partial charge on any atom is 0.224 e. The monoisotopic (exact) mass is 299 g/mol. The molecule has 6 heteroatoms. The van der Waals surface area contributed by atoms with Gasteiger partial charge in [0.2, 0.25) is 5.91 Å². The summed E-state index contributed by atoms with van der Waals surface area (Å²) in [7, 11) is -3.10. The van der Waals surface area contributed by atoms with Crippen molar-refractivity contribution in [2.24, 2.45) is 0 Å². The van der Waals surface area contributed by atoms with Crippen LogP contribution >= 0.6 is 0 Å². The summed E-state index contributed by atoms with van der Waals surface area (Å²) >= 11 is 0. The van der Waals surface area contributed by atoms with Crippen LogP contribution in [0.1, 0.15) is 18.9 Å². The minimum absolute atomic E-state index is 0.0829. The van der Waals surface area contributed by atoms with E-state index in [1.54, 1.807) is 31.2 Å². The number of hydrogen-bond acceptors (Lipinski definition) is 3. The number of carbonyl (C=O) groups excluding carboxylic acids is 1. The molecule has 1 aromatic rings. The van der Waals surface area contributed by atoms with Gasteiger partial charge in [-0.15, -0.1) is 0 Å². The van der Waals surface area contributed by atoms with E-state index in [0.717, 1.165) is 11.8 Å². The number of sulfone groups is 1. The van der Waals surface area contributed by atoms with Crippen LogP contribution in [-0.4, -0.2) is 32.4 Å². The Kier molecular flexibility index (Phi) is 5.88. The molecular weight excluding hydrogens is 281 g/mol. The van der Waals surface area contributed by atoms with Gasteiger partial charge in [-0.3, -0.25) is 4.79 Å². The van der Waals surface area contributed by atoms with Gasteiger partial charge in [0.05, 0.1) is 5.75 Å². The van der Waals surface area contributed by atoms with E-state index in [0.29, 0.717) is 0 Å². The van der Waals surface area contributed by atoms with Crippen LogP contribution in [0.3, 0.4) is 0 Å². The van der Waals surface area contributed by atoms with Crippen LogP contribution in [-0.2, 0) is 14.6 Å². The predicted molar refractivity (Wildman–Crippen MR) is 77.4 cm³/mol. The van der Waals surface area contributed by atoms with Crippen molar-refractivity contribution >= 4 is 21.8 Å². The maximum atomic E-state index is 12.7. The molecule has 0 spiro atoms. The molecule has 0 bridgehead atoms. The van der Waals surface area contributed by atoms with Crippen molar-refractivity contribution in [1.29, 1.82) is 0 Å². The lowest BCUT2D eigenvalue weighted by atomic mass is 10.2. The molecule has 0 heterocycles. The molecule has 1 rings (SSSR count). The highest BCUT2D eigenvalue weighted by Crippen LogP contribution is 2.05. The molecule has 1 amide bonds. The first-order valence-corrected chi connectivity index (χ1v) is 8.21. The molecule has 1 unspecified atom stereocenters. The van der Waals surface area contributed by atoms with Gasteiger partial charge >= 0.3 is 0 Å². The Morgan fingerprint density at radius 1 is 1.35 bits per heavy atom. The third-order valence-electron chi connectivity index (χ3n) is 2.44. The summed E-state index contributed by atoms with van der Waals surface area (Å²) in [5, 5.41) is 2.60. The van der Waals surface area contributed by atoms with Crippen molar-refractivity contribution < 1.29 is 17.6 Å². The Labute approximate surface area is 118 Å². The average Bonchev–Trinajstić information content (AvgIpc) is 2.29. The van der Waals surface area contributed by atoms with Gasteiger partial charge in [0.1, 0.15) is 15.7 Å². The lowest BCUT2D eigenvalue weighted by Gasteiger charge is -2.11. The van der Waals surface area contributed by atoms with Crippen molar-refractivity contribution in [2.75, 3.05) is 12.0 Å². The third kappa shape index (κ3) is 7.04. The molecular formula is C14H18FNO3S. The van der Waals surface area contributed by atoms with E-state index >= 15 is 0 Å². The summed E-state index contributed by atoms with van der Waals surface area (Å²) in [5.74, 6) is -0.644. The van der Waals surface area contributed by atoms with E-state index in [1.165, 1.54) is 12.1 Å². The highest BCUT2D eigenvalue weighted by molar-refractivity contribution is 7.90. The van der Waals surface area contributed by atoms with E-state index in [-0.39, 0.29) is 23.9 Å². The van der Waals surface area contributed by atoms with E-state index in [4.69, 9.17) is 0 Å². The molecule has 1 aromatic carbocycles. The fraction of sp³-hybridized carbons (Fsp3) is 0.357. The summed E-state index contributed by atoms with van der Waals surface area (Å²) in [4.78, 5) is 11.6. The first-order valence-electron chi connectivity index (χ1n) is 6.15. The lowest BCUT2D eigenvalue weighted by molar-refractivity contribution is -0.120. The van der Waals surface area contributed by atoms with Crippen molar-refractivity contribution in [3.8, 4) is 0 Å². The van der Waals surface area contributed by atoms with Crippen LogP contribution in [0.5, 0.6) is 0 Å². The molecule has 0 saturated carbocycles. The second kappa shape index (κ2) is 7.19. The van der Waals surface area contributed by atoms with Crippen molar-refractivity contribution in [3.63, 3.8) is 0 Å². The predicted octanol–water partition coefficient (Wildman–Crippen LogP) is 1.78. The molecule has 4 nitrogen and oxygen atoms in total. The van der Waals surface area contributed by atoms with E-state index in [9.17, 15) is 17.6 Å². The minimum atomic E-state index is -3.10. The first-order chi connectivity index (χ1) is 9.26. The fourth-order valence-corrected chi connectivity index (χ4v) is 2.70. The van der Waals surface area contributed by atoms with Gasteiger partial charge < -0.3 is 5.32 Å². The molecule has 1 atom stereocenters. The molecule has 20 heavy (non-hydrogen) atoms. The molecule has 0 aliphatic carbocycles. The van der Waals surface area contributed by atoms with Crippen LogP contribution in [0.25, 0.3) is 6.08 Å². The Balaban J connectivity index is 2.41. The van der Waals surface area contributed by atoms with E-state index < -0.39 is 15.9 Å². The smallest absolute Gasteiger partial charge is 0.224 e. The SMILES string of the molecule is CC(CS(C)(=O)=O)NC(=O)CC=Cc1ccc(F)cc1. The number of hydrogen-bond donors (Lipinski definition) is 1. The summed E-state index contributed by atoms with van der Waals surface area (Å²) in [6, 6.07) is 5.48. The summed E-state index contributed by atoms with van der Waals surface area (Å²) in [5.41, 5.74) is 0.795. The zero-order chi connectivity index (χ0) is 15.2. The molecule has 1 N–H and O–H groups in total. The Morgan fingerprint density at radius 3 is 2.50 bits per heavy atom. The largest absolute Gasteiger partial charge is 0.352 e. The van der Waals surface area contributed by atoms with Crippen molar-refractivity contribution in [3.05, 3.63) is 41.7 Å². The lowest BCUT2D eigenvalue weighted by Crippen LogP contribution is -2.36. The summed E-state index contributed by atoms with van der Waals surface area (Å²) in [6.07, 6.45) is 4.63. The van der Waals surface area contributed by atoms with Crippen LogP contribution in [0, 0.1) is 5.82 Å². The molecule has 0 fully saturated rings. The second-order valence-electron chi connectivity index (χ2n) is 4.72. The summed E-state index contributed by atoms with van der Waals surface area (Å²) in [6.45, 7) is 1.64. The molecule has 0 saturated heterocycles. The Bertz CT molecular complexity index is 579. The van der Waals surface area contributed by atoms with Gasteiger partial charge in [0, 0.05) is 18.7 Å². The maximum absolute atomic E-state index is 12.7. The minimum Gasteiger partial charge on any atom is -0.352 e. The van der Waals surface area contributed by atoms with Gasteiger partial charge in [-0.05, 0) is 24.6 Å². The van der Waals surface area contributed by atoms with Crippen LogP contribution < -0.4 is 5.32 Å². The van der Waals surface area contributed by atoms with Gasteiger partial charge in [-0.1, -0.05) is 24.3 Å². The van der Waals surface area contributed by atoms with Gasteiger partial charge in [-0.25, -0.2) is 12.8 Å². The highest BCUT2D eigenvalue weighted by Gasteiger charge is 2.12. The van der Waals surface area contributed by atoms with Gasteiger partial charge in [-0.2, -0.15) is 0 Å². The van der Waals surface area contributed by atoms with Crippen LogP contribution in [0.4, 0.5) is 4.39 Å². The standard InChI is InChI=1S/C14H18FNO3S/c1-11(10-20(2,18)19)16-14(17)5-3-4-12-6-8-13(15)9-7-12/h3-4,6-9,11H,5,10H2,1-2H3,(H,16,17). The third-order valence-corrected chi connectivity index (χ3v) is 3.55. The normalized spacial score (nSPS) is 13.3. The van der Waals surface area contributed by atoms with E-state index in [1.807, 2.05) is 0 Å². The van der Waals surface area contributed by atoms with Crippen LogP contribution in [0.2, 0.25) is 0 Å². The number of halogens is 1. The first kappa shape index (κ1) is 16.4. The van der Waals surface area contributed by atoms with Gasteiger partial charge in [0.25, 0.3) is 0 Å². The Morgan fingerprint density at radius 2 is 1.95 bits per heavy atom. The summed E-state index contributed by atoms with van der Waals surface area (Å²) < 4.78 is 34.8. The molecule has 0 aromatic heterocycles. The number of benzene rings is 1. The van der Waals surface area contributed by atoms with Crippen molar-refractivity contribution in [1.82, 2.24) is 5.32 Å². The zero-order valence-corrected chi connectivity index (χ0v) is 12.3. The topological polar surface area (TPSA) is 63.2 Å². The molecule has 0 aliphatic rings. The molecule has 0 aliphatic heterocycles. The molecule has 0 radical (unpaired) electrons. The van der Waals surface area contributed by atoms with Crippen molar-refractivity contribution in [2.45, 2.75) is 19.4 Å². The van der Waals surface area contributed by atoms with E-state index in [2.05, 4.69) is 5.32 Å². The second-order valence-corrected chi connectivity index (χ2v) is 6.90. The quantitative estimate of drug-likeness (QED) is 0.871. The average molecular weight is 299 g/mol.